The van der Waals surface area contributed by atoms with E-state index < -0.39 is 19.3 Å². The van der Waals surface area contributed by atoms with Gasteiger partial charge >= 0.3 is 13.6 Å². The summed E-state index contributed by atoms with van der Waals surface area (Å²) < 4.78 is 41.9. The molecule has 1 fully saturated rings. The van der Waals surface area contributed by atoms with Crippen LogP contribution in [-0.4, -0.2) is 76.6 Å². The zero-order chi connectivity index (χ0) is 26.1. The topological polar surface area (TPSA) is 99.7 Å². The van der Waals surface area contributed by atoms with Crippen molar-refractivity contribution in [1.82, 2.24) is 9.88 Å². The first-order valence-corrected chi connectivity index (χ1v) is 13.6. The van der Waals surface area contributed by atoms with Crippen LogP contribution in [0.1, 0.15) is 30.8 Å². The standard InChI is InChI=1S/C25H36N3O7P/c1-6-34-36(30,35-7-2)25(28-14-12-27(13-15-28)23-10-8-9-11-26-23)19-16-21(31-3)20(18-24(29)33-5)22(17-19)32-4/h8-11,16-17,25H,6-7,12-15,18H2,1-5H3. The van der Waals surface area contributed by atoms with E-state index in [-0.39, 0.29) is 19.6 Å². The van der Waals surface area contributed by atoms with Crippen molar-refractivity contribution in [3.63, 3.8) is 0 Å². The number of carbonyl (C=O) groups is 1. The lowest BCUT2D eigenvalue weighted by molar-refractivity contribution is -0.139. The highest BCUT2D eigenvalue weighted by molar-refractivity contribution is 7.54. The van der Waals surface area contributed by atoms with Crippen LogP contribution >= 0.6 is 7.60 Å². The zero-order valence-corrected chi connectivity index (χ0v) is 22.5. The Morgan fingerprint density at radius 2 is 1.61 bits per heavy atom. The lowest BCUT2D eigenvalue weighted by atomic mass is 10.0. The molecular formula is C25H36N3O7P. The van der Waals surface area contributed by atoms with Gasteiger partial charge in [0.2, 0.25) is 0 Å². The molecular weight excluding hydrogens is 485 g/mol. The Labute approximate surface area is 213 Å². The lowest BCUT2D eigenvalue weighted by Crippen LogP contribution is -2.48. The molecule has 1 atom stereocenters. The maximum atomic E-state index is 14.2. The molecule has 1 aliphatic rings. The molecule has 1 aromatic heterocycles. The van der Waals surface area contributed by atoms with Crippen LogP contribution in [0.15, 0.2) is 36.5 Å². The number of benzene rings is 1. The summed E-state index contributed by atoms with van der Waals surface area (Å²) in [6.45, 7) is 6.66. The molecule has 0 saturated carbocycles. The quantitative estimate of drug-likeness (QED) is 0.302. The Balaban J connectivity index is 2.03. The number of carbonyl (C=O) groups excluding carboxylic acids is 1. The molecule has 36 heavy (non-hydrogen) atoms. The second kappa shape index (κ2) is 13.1. The molecule has 11 heteroatoms. The summed E-state index contributed by atoms with van der Waals surface area (Å²) in [4.78, 5) is 20.8. The summed E-state index contributed by atoms with van der Waals surface area (Å²) in [7, 11) is 0.735. The van der Waals surface area contributed by atoms with Crippen LogP contribution in [0.5, 0.6) is 11.5 Å². The predicted octanol–water partition coefficient (Wildman–Crippen LogP) is 3.90. The smallest absolute Gasteiger partial charge is 0.352 e. The number of aromatic nitrogens is 1. The predicted molar refractivity (Wildman–Crippen MR) is 137 cm³/mol. The number of hydrogen-bond acceptors (Lipinski definition) is 10. The molecule has 0 amide bonds. The number of nitrogens with zero attached hydrogens (tertiary/aromatic N) is 3. The molecule has 1 aliphatic heterocycles. The number of esters is 1. The Morgan fingerprint density at radius 1 is 1.00 bits per heavy atom. The van der Waals surface area contributed by atoms with E-state index in [1.165, 1.54) is 21.3 Å². The summed E-state index contributed by atoms with van der Waals surface area (Å²) in [5.74, 6) is 0.661. The second-order valence-corrected chi connectivity index (χ2v) is 10.2. The highest BCUT2D eigenvalue weighted by Crippen LogP contribution is 2.63. The largest absolute Gasteiger partial charge is 0.496 e. The van der Waals surface area contributed by atoms with Crippen molar-refractivity contribution >= 4 is 19.4 Å². The van der Waals surface area contributed by atoms with Crippen molar-refractivity contribution in [2.24, 2.45) is 0 Å². The van der Waals surface area contributed by atoms with E-state index in [4.69, 9.17) is 23.3 Å². The Morgan fingerprint density at radius 3 is 2.08 bits per heavy atom. The van der Waals surface area contributed by atoms with E-state index >= 15 is 0 Å². The molecule has 2 heterocycles. The highest BCUT2D eigenvalue weighted by atomic mass is 31.2. The first-order valence-electron chi connectivity index (χ1n) is 12.0. The SMILES string of the molecule is CCOP(=O)(OCC)C(c1cc(OC)c(CC(=O)OC)c(OC)c1)N1CCN(c2ccccn2)CC1. The Hall–Kier alpha value is -2.65. The molecule has 0 aliphatic carbocycles. The number of methoxy groups -OCH3 is 3. The van der Waals surface area contributed by atoms with Gasteiger partial charge in [-0.05, 0) is 43.7 Å². The molecule has 0 radical (unpaired) electrons. The van der Waals surface area contributed by atoms with Gasteiger partial charge in [0.1, 0.15) is 23.1 Å². The molecule has 2 aromatic rings. The van der Waals surface area contributed by atoms with Gasteiger partial charge in [-0.1, -0.05) is 6.07 Å². The molecule has 198 valence electrons. The maximum absolute atomic E-state index is 14.2. The minimum atomic E-state index is -3.63. The van der Waals surface area contributed by atoms with Crippen LogP contribution in [0.2, 0.25) is 0 Å². The third kappa shape index (κ3) is 6.37. The number of piperazine rings is 1. The van der Waals surface area contributed by atoms with E-state index in [1.807, 2.05) is 18.2 Å². The van der Waals surface area contributed by atoms with Gasteiger partial charge in [-0.2, -0.15) is 0 Å². The van der Waals surface area contributed by atoms with Gasteiger partial charge < -0.3 is 28.2 Å². The molecule has 1 aromatic carbocycles. The van der Waals surface area contributed by atoms with Gasteiger partial charge in [0.15, 0.2) is 0 Å². The van der Waals surface area contributed by atoms with E-state index in [1.54, 1.807) is 32.2 Å². The Kier molecular flexibility index (Phi) is 10.1. The van der Waals surface area contributed by atoms with E-state index in [2.05, 4.69) is 14.8 Å². The molecule has 3 rings (SSSR count). The average Bonchev–Trinajstić information content (AvgIpc) is 2.90. The molecule has 1 unspecified atom stereocenters. The fourth-order valence-electron chi connectivity index (χ4n) is 4.41. The van der Waals surface area contributed by atoms with Gasteiger partial charge in [-0.15, -0.1) is 0 Å². The fourth-order valence-corrected chi connectivity index (χ4v) is 6.63. The van der Waals surface area contributed by atoms with E-state index in [9.17, 15) is 9.36 Å². The number of rotatable bonds is 12. The lowest BCUT2D eigenvalue weighted by Gasteiger charge is -2.41. The van der Waals surface area contributed by atoms with Gasteiger partial charge in [0.05, 0.1) is 41.0 Å². The number of anilines is 1. The first kappa shape index (κ1) is 27.9. The van der Waals surface area contributed by atoms with Crippen LogP contribution < -0.4 is 14.4 Å². The van der Waals surface area contributed by atoms with Crippen LogP contribution in [-0.2, 0) is 29.6 Å². The number of hydrogen-bond donors (Lipinski definition) is 0. The molecule has 1 saturated heterocycles. The van der Waals surface area contributed by atoms with Crippen LogP contribution in [0, 0.1) is 0 Å². The van der Waals surface area contributed by atoms with Crippen molar-refractivity contribution in [1.29, 1.82) is 0 Å². The summed E-state index contributed by atoms with van der Waals surface area (Å²) >= 11 is 0. The first-order chi connectivity index (χ1) is 17.4. The molecule has 10 nitrogen and oxygen atoms in total. The summed E-state index contributed by atoms with van der Waals surface area (Å²) in [6.07, 6.45) is 1.75. The normalized spacial score (nSPS) is 15.4. The van der Waals surface area contributed by atoms with Crippen molar-refractivity contribution in [2.45, 2.75) is 26.1 Å². The van der Waals surface area contributed by atoms with Crippen LogP contribution in [0.25, 0.3) is 0 Å². The molecule has 0 bridgehead atoms. The van der Waals surface area contributed by atoms with Gasteiger partial charge in [0, 0.05) is 37.9 Å². The van der Waals surface area contributed by atoms with Crippen molar-refractivity contribution in [2.75, 3.05) is 65.6 Å². The van der Waals surface area contributed by atoms with E-state index in [0.29, 0.717) is 48.8 Å². The van der Waals surface area contributed by atoms with E-state index in [0.717, 1.165) is 5.82 Å². The summed E-state index contributed by atoms with van der Waals surface area (Å²) in [5, 5.41) is 0. The minimum absolute atomic E-state index is 0.0227. The monoisotopic (exact) mass is 521 g/mol. The Bertz CT molecular complexity index is 1010. The molecule has 0 N–H and O–H groups in total. The fraction of sp³-hybridized carbons (Fsp3) is 0.520. The summed E-state index contributed by atoms with van der Waals surface area (Å²) in [5.41, 5.74) is 1.21. The van der Waals surface area contributed by atoms with Gasteiger partial charge in [-0.25, -0.2) is 4.98 Å². The van der Waals surface area contributed by atoms with Crippen molar-refractivity contribution < 1.29 is 32.6 Å². The average molecular weight is 522 g/mol. The highest BCUT2D eigenvalue weighted by Gasteiger charge is 2.43. The zero-order valence-electron chi connectivity index (χ0n) is 21.6. The third-order valence-electron chi connectivity index (χ3n) is 6.03. The van der Waals surface area contributed by atoms with Crippen LogP contribution in [0.3, 0.4) is 0 Å². The summed E-state index contributed by atoms with van der Waals surface area (Å²) in [6, 6.07) is 9.39. The van der Waals surface area contributed by atoms with Gasteiger partial charge in [0.25, 0.3) is 0 Å². The van der Waals surface area contributed by atoms with Crippen molar-refractivity contribution in [3.8, 4) is 11.5 Å². The van der Waals surface area contributed by atoms with Crippen molar-refractivity contribution in [3.05, 3.63) is 47.7 Å². The maximum Gasteiger partial charge on any atom is 0.352 e. The second-order valence-electron chi connectivity index (χ2n) is 8.12. The number of ether oxygens (including phenoxy) is 3. The van der Waals surface area contributed by atoms with Gasteiger partial charge in [-0.3, -0.25) is 14.3 Å². The molecule has 0 spiro atoms. The minimum Gasteiger partial charge on any atom is -0.496 e. The number of pyridine rings is 1. The van der Waals surface area contributed by atoms with Crippen LogP contribution in [0.4, 0.5) is 5.82 Å². The third-order valence-corrected chi connectivity index (χ3v) is 8.49.